The number of hydrogen-bond donors (Lipinski definition) is 0. The fraction of sp³-hybridized carbons (Fsp3) is 1.00. The van der Waals surface area contributed by atoms with E-state index in [0.29, 0.717) is 48.3 Å². The van der Waals surface area contributed by atoms with Crippen LogP contribution in [0.5, 0.6) is 0 Å². The van der Waals surface area contributed by atoms with Crippen molar-refractivity contribution in [3.63, 3.8) is 0 Å². The van der Waals surface area contributed by atoms with Crippen molar-refractivity contribution in [3.05, 3.63) is 0 Å². The Morgan fingerprint density at radius 1 is 0.283 bits per heavy atom. The first-order valence-corrected chi connectivity index (χ1v) is 27.3. The quantitative estimate of drug-likeness (QED) is 0.0502. The highest BCUT2D eigenvalue weighted by Crippen LogP contribution is 2.16. The predicted octanol–water partition coefficient (Wildman–Crippen LogP) is 10.00. The molecular weight excluding hydrogens is 753 g/mol. The van der Waals surface area contributed by atoms with Crippen molar-refractivity contribution < 1.29 is 0 Å². The molecule has 0 saturated heterocycles. The van der Waals surface area contributed by atoms with Crippen LogP contribution in [0, 0.1) is 0 Å². The van der Waals surface area contributed by atoms with Crippen molar-refractivity contribution in [2.45, 2.75) is 246 Å². The molecule has 0 spiro atoms. The molecule has 0 heterocycles. The van der Waals surface area contributed by atoms with Crippen LogP contribution in [0.3, 0.4) is 0 Å². The molecule has 0 fully saturated rings. The van der Waals surface area contributed by atoms with Crippen LogP contribution in [0.15, 0.2) is 0 Å². The molecule has 0 bridgehead atoms. The van der Waals surface area contributed by atoms with Gasteiger partial charge in [-0.2, -0.15) is 0 Å². The Balaban J connectivity index is -0.000000357. The molecule has 60 heavy (non-hydrogen) atoms. The summed E-state index contributed by atoms with van der Waals surface area (Å²) < 4.78 is 0. The molecule has 0 aliphatic heterocycles. The lowest BCUT2D eigenvalue weighted by Crippen LogP contribution is -2.48. The van der Waals surface area contributed by atoms with Crippen molar-refractivity contribution in [1.82, 2.24) is 39.2 Å². The second kappa shape index (κ2) is 41.6. The molecule has 0 aliphatic carbocycles. The minimum absolute atomic E-state index is 0.640. The van der Waals surface area contributed by atoms with Crippen LogP contribution < -0.4 is 0 Å². The van der Waals surface area contributed by atoms with E-state index in [1.165, 1.54) is 128 Å². The average molecular weight is 874 g/mol. The number of hydrogen-bond acceptors (Lipinski definition) is 8. The van der Waals surface area contributed by atoms with Crippen LogP contribution in [0.25, 0.3) is 0 Å². The summed E-state index contributed by atoms with van der Waals surface area (Å²) in [6.45, 7) is 71.6. The summed E-state index contributed by atoms with van der Waals surface area (Å²) in [4.78, 5) is 20.6. The van der Waals surface area contributed by atoms with Gasteiger partial charge in [-0.1, -0.05) is 83.1 Å². The molecule has 0 rings (SSSR count). The van der Waals surface area contributed by atoms with Gasteiger partial charge in [0.1, 0.15) is 0 Å². The lowest BCUT2D eigenvalue weighted by Gasteiger charge is -2.39. The molecule has 0 aromatic heterocycles. The lowest BCUT2D eigenvalue weighted by molar-refractivity contribution is 0.0866. The van der Waals surface area contributed by atoms with E-state index in [0.717, 1.165) is 5.79 Å². The SMILES string of the molecule is CC(C)N(CCN(C(C)C)C(C)C)C(C)C.CCC(C)N(CCN(C(C)CC)C(C)CC)C(C)CC.CCN(CC)C([SiH3])N(CC)CC.CCN(CC)CCN(CC)CC. The highest BCUT2D eigenvalue weighted by atomic mass is 28.1. The van der Waals surface area contributed by atoms with Crippen molar-refractivity contribution in [3.8, 4) is 0 Å². The van der Waals surface area contributed by atoms with E-state index < -0.39 is 0 Å². The molecular formula is C51H120N8Si. The molecule has 0 aromatic rings. The van der Waals surface area contributed by atoms with Crippen LogP contribution in [0.1, 0.15) is 192 Å². The smallest absolute Gasteiger partial charge is 0.0428 e. The Bertz CT molecular complexity index is 756. The van der Waals surface area contributed by atoms with Gasteiger partial charge in [0.15, 0.2) is 0 Å². The highest BCUT2D eigenvalue weighted by molar-refractivity contribution is 6.11. The molecule has 0 aromatic carbocycles. The third-order valence-electron chi connectivity index (χ3n) is 13.7. The molecule has 8 nitrogen and oxygen atoms in total. The highest BCUT2D eigenvalue weighted by Gasteiger charge is 2.23. The van der Waals surface area contributed by atoms with Gasteiger partial charge in [0.2, 0.25) is 0 Å². The summed E-state index contributed by atoms with van der Waals surface area (Å²) in [7, 11) is 1.25. The van der Waals surface area contributed by atoms with Crippen molar-refractivity contribution >= 4 is 10.2 Å². The summed E-state index contributed by atoms with van der Waals surface area (Å²) in [6.07, 6.45) is 4.99. The van der Waals surface area contributed by atoms with E-state index in [9.17, 15) is 0 Å². The standard InChI is InChI=1S/C18H40N2.C14H32N2.C10H24N2.C9H24N2Si/c1-9-15(5)19(16(6)10-2)13-14-20(17(7)11-3)18(8)12-4;1-11(2)15(12(3)4)9-10-16(13(5)6)14(7)8;1-5-11(6-2)9-10-12(7-3)8-4;1-5-10(6-2)9(12)11(7-3)8-4/h15-18H,9-14H2,1-8H3;11-14H,9-10H2,1-8H3;5-10H2,1-4H3;9H,5-8H2,1-4,12H3. The zero-order valence-electron chi connectivity index (χ0n) is 46.5. The van der Waals surface area contributed by atoms with Gasteiger partial charge in [0.05, 0.1) is 0 Å². The van der Waals surface area contributed by atoms with Gasteiger partial charge in [-0.3, -0.25) is 29.4 Å². The minimum atomic E-state index is 0.640. The summed E-state index contributed by atoms with van der Waals surface area (Å²) in [5.41, 5.74) is 0. The zero-order chi connectivity index (χ0) is 47.5. The van der Waals surface area contributed by atoms with Crippen molar-refractivity contribution in [2.75, 3.05) is 91.6 Å². The first kappa shape index (κ1) is 66.5. The van der Waals surface area contributed by atoms with Gasteiger partial charge < -0.3 is 9.80 Å². The second-order valence-electron chi connectivity index (χ2n) is 18.5. The number of likely N-dealkylation sites (N-methyl/N-ethyl adjacent to an activating group) is 2. The molecule has 0 aliphatic rings. The summed E-state index contributed by atoms with van der Waals surface area (Å²) in [5, 5.41) is 0. The molecule has 9 heteroatoms. The van der Waals surface area contributed by atoms with Gasteiger partial charge >= 0.3 is 0 Å². The maximum atomic E-state index is 2.71. The third kappa shape index (κ3) is 30.1. The Hall–Kier alpha value is -0.103. The molecule has 368 valence electrons. The number of rotatable bonds is 31. The van der Waals surface area contributed by atoms with Gasteiger partial charge in [0.25, 0.3) is 0 Å². The maximum absolute atomic E-state index is 2.71. The topological polar surface area (TPSA) is 25.9 Å². The Morgan fingerprint density at radius 2 is 0.483 bits per heavy atom. The monoisotopic (exact) mass is 873 g/mol. The van der Waals surface area contributed by atoms with Crippen LogP contribution in [0.4, 0.5) is 0 Å². The van der Waals surface area contributed by atoms with E-state index in [-0.39, 0.29) is 0 Å². The normalized spacial score (nSPS) is 14.3. The van der Waals surface area contributed by atoms with Gasteiger partial charge in [-0.05, 0) is 161 Å². The van der Waals surface area contributed by atoms with Crippen LogP contribution in [0.2, 0.25) is 0 Å². The van der Waals surface area contributed by atoms with E-state index >= 15 is 0 Å². The lowest BCUT2D eigenvalue weighted by atomic mass is 10.1. The fourth-order valence-electron chi connectivity index (χ4n) is 8.47. The van der Waals surface area contributed by atoms with E-state index in [1.807, 2.05) is 0 Å². The van der Waals surface area contributed by atoms with E-state index in [4.69, 9.17) is 0 Å². The Kier molecular flexibility index (Phi) is 46.1. The summed E-state index contributed by atoms with van der Waals surface area (Å²) >= 11 is 0. The average Bonchev–Trinajstić information content (AvgIpc) is 3.22. The van der Waals surface area contributed by atoms with Crippen LogP contribution in [-0.2, 0) is 0 Å². The summed E-state index contributed by atoms with van der Waals surface area (Å²) in [6, 6.07) is 5.34. The third-order valence-corrected chi connectivity index (χ3v) is 15.2. The van der Waals surface area contributed by atoms with Crippen molar-refractivity contribution in [2.24, 2.45) is 0 Å². The Morgan fingerprint density at radius 3 is 0.633 bits per heavy atom. The molecule has 0 amide bonds. The second-order valence-corrected chi connectivity index (χ2v) is 19.5. The fourth-order valence-corrected chi connectivity index (χ4v) is 9.93. The molecule has 0 saturated carbocycles. The molecule has 0 N–H and O–H groups in total. The summed E-state index contributed by atoms with van der Waals surface area (Å²) in [5.74, 6) is 0.731. The Labute approximate surface area is 385 Å². The van der Waals surface area contributed by atoms with Gasteiger partial charge in [-0.15, -0.1) is 0 Å². The van der Waals surface area contributed by atoms with E-state index in [2.05, 4.69) is 205 Å². The van der Waals surface area contributed by atoms with Crippen LogP contribution >= 0.6 is 0 Å². The molecule has 4 atom stereocenters. The molecule has 0 radical (unpaired) electrons. The predicted molar refractivity (Wildman–Crippen MR) is 282 cm³/mol. The van der Waals surface area contributed by atoms with Gasteiger partial charge in [-0.25, -0.2) is 0 Å². The number of nitrogens with zero attached hydrogens (tertiary/aromatic N) is 8. The first-order valence-electron chi connectivity index (χ1n) is 26.1. The largest absolute Gasteiger partial charge is 0.303 e. The van der Waals surface area contributed by atoms with Crippen LogP contribution in [-0.4, -0.2) is 195 Å². The van der Waals surface area contributed by atoms with E-state index in [1.54, 1.807) is 0 Å². The first-order chi connectivity index (χ1) is 28.2. The minimum Gasteiger partial charge on any atom is -0.303 e. The van der Waals surface area contributed by atoms with Crippen molar-refractivity contribution in [1.29, 1.82) is 0 Å². The maximum Gasteiger partial charge on any atom is 0.0428 e. The zero-order valence-corrected chi connectivity index (χ0v) is 48.5. The van der Waals surface area contributed by atoms with Gasteiger partial charge in [0, 0.05) is 104 Å². The molecule has 4 unspecified atom stereocenters.